The van der Waals surface area contributed by atoms with Crippen LogP contribution in [0.2, 0.25) is 0 Å². The smallest absolute Gasteiger partial charge is 0.281 e. The molecule has 1 saturated heterocycles. The van der Waals surface area contributed by atoms with Gasteiger partial charge in [-0.1, -0.05) is 5.04 Å². The van der Waals surface area contributed by atoms with E-state index in [2.05, 4.69) is 10.0 Å². The van der Waals surface area contributed by atoms with Crippen molar-refractivity contribution in [2.24, 2.45) is 0 Å². The fraction of sp³-hybridized carbons (Fsp3) is 0.292. The zero-order valence-corrected chi connectivity index (χ0v) is 19.4. The average molecular weight is 485 g/mol. The van der Waals surface area contributed by atoms with Crippen LogP contribution < -0.4 is 15.6 Å². The predicted octanol–water partition coefficient (Wildman–Crippen LogP) is 1.77. The van der Waals surface area contributed by atoms with Crippen molar-refractivity contribution in [2.45, 2.75) is 39.3 Å². The number of benzene rings is 1. The van der Waals surface area contributed by atoms with Crippen molar-refractivity contribution in [1.29, 1.82) is 0 Å². The van der Waals surface area contributed by atoms with Crippen LogP contribution in [0.25, 0.3) is 16.7 Å². The maximum Gasteiger partial charge on any atom is 0.281 e. The van der Waals surface area contributed by atoms with Gasteiger partial charge in [-0.15, -0.1) is 0 Å². The number of rotatable bonds is 7. The number of hydroxylamine groups is 1. The van der Waals surface area contributed by atoms with Gasteiger partial charge in [0.25, 0.3) is 11.8 Å². The highest BCUT2D eigenvalue weighted by Gasteiger charge is 2.34. The molecule has 0 bridgehead atoms. The summed E-state index contributed by atoms with van der Waals surface area (Å²) < 4.78 is 23.8. The third-order valence-electron chi connectivity index (χ3n) is 6.26. The number of carbonyl (C=O) groups excluding carboxylic acids is 2. The van der Waals surface area contributed by atoms with E-state index in [1.54, 1.807) is 54.7 Å². The SMILES string of the molecule is Cc1oc2cc(O/C(=C/C=[NH2+])c3[nH]cc(C(=O)N4CC[C@H](O)[C@H]4C)c3C)ccc2c1C(=O)NOF. The second-order valence-electron chi connectivity index (χ2n) is 8.32. The number of furan rings is 1. The summed E-state index contributed by atoms with van der Waals surface area (Å²) in [6.45, 7) is 5.67. The van der Waals surface area contributed by atoms with Gasteiger partial charge in [-0.05, 0) is 49.4 Å². The Morgan fingerprint density at radius 3 is 2.80 bits per heavy atom. The summed E-state index contributed by atoms with van der Waals surface area (Å²) >= 11 is 0. The quantitative estimate of drug-likeness (QED) is 0.228. The molecule has 0 unspecified atom stereocenters. The summed E-state index contributed by atoms with van der Waals surface area (Å²) in [5.41, 5.74) is 3.81. The molecule has 2 amide bonds. The van der Waals surface area contributed by atoms with Crippen LogP contribution in [0.15, 0.2) is 34.9 Å². The van der Waals surface area contributed by atoms with E-state index in [0.717, 1.165) is 0 Å². The van der Waals surface area contributed by atoms with Crippen LogP contribution in [-0.2, 0) is 5.04 Å². The lowest BCUT2D eigenvalue weighted by Crippen LogP contribution is -2.37. The Bertz CT molecular complexity index is 1330. The van der Waals surface area contributed by atoms with Crippen molar-refractivity contribution in [2.75, 3.05) is 6.54 Å². The minimum absolute atomic E-state index is 0.139. The Labute approximate surface area is 199 Å². The maximum absolute atomic E-state index is 13.1. The van der Waals surface area contributed by atoms with Crippen LogP contribution in [0.3, 0.4) is 0 Å². The zero-order chi connectivity index (χ0) is 25.3. The second kappa shape index (κ2) is 9.72. The van der Waals surface area contributed by atoms with Gasteiger partial charge in [0.2, 0.25) is 0 Å². The number of ether oxygens (including phenoxy) is 1. The summed E-state index contributed by atoms with van der Waals surface area (Å²) in [6.07, 6.45) is 4.46. The van der Waals surface area contributed by atoms with E-state index < -0.39 is 12.0 Å². The largest absolute Gasteiger partial charge is 0.460 e. The number of amides is 2. The fourth-order valence-corrected chi connectivity index (χ4v) is 4.35. The number of allylic oxidation sites excluding steroid dienone is 1. The van der Waals surface area contributed by atoms with Crippen LogP contribution in [0.4, 0.5) is 4.53 Å². The average Bonchev–Trinajstić information content (AvgIpc) is 3.47. The highest BCUT2D eigenvalue weighted by atomic mass is 19.3. The molecule has 5 N–H and O–H groups in total. The van der Waals surface area contributed by atoms with Crippen LogP contribution in [-0.4, -0.2) is 51.7 Å². The summed E-state index contributed by atoms with van der Waals surface area (Å²) in [7, 11) is 0. The van der Waals surface area contributed by atoms with Crippen molar-refractivity contribution < 1.29 is 38.8 Å². The number of carbonyl (C=O) groups is 2. The van der Waals surface area contributed by atoms with Crippen LogP contribution in [0.5, 0.6) is 5.75 Å². The van der Waals surface area contributed by atoms with Crippen LogP contribution in [0.1, 0.15) is 51.1 Å². The maximum atomic E-state index is 13.1. The van der Waals surface area contributed by atoms with Gasteiger partial charge in [-0.3, -0.25) is 15.0 Å². The third kappa shape index (κ3) is 4.43. The zero-order valence-electron chi connectivity index (χ0n) is 19.4. The van der Waals surface area contributed by atoms with E-state index in [1.807, 2.05) is 6.92 Å². The molecule has 3 aromatic rings. The number of aromatic nitrogens is 1. The Balaban J connectivity index is 1.62. The number of aromatic amines is 1. The minimum atomic E-state index is -0.783. The summed E-state index contributed by atoms with van der Waals surface area (Å²) in [5.74, 6) is 0.0500. The molecule has 11 heteroatoms. The van der Waals surface area contributed by atoms with Crippen LogP contribution >= 0.6 is 0 Å². The van der Waals surface area contributed by atoms with E-state index in [1.165, 1.54) is 6.21 Å². The molecule has 1 aromatic carbocycles. The summed E-state index contributed by atoms with van der Waals surface area (Å²) in [4.78, 5) is 29.9. The second-order valence-corrected chi connectivity index (χ2v) is 8.32. The number of likely N-dealkylation sites (tertiary alicyclic amines) is 1. The number of halogens is 1. The van der Waals surface area contributed by atoms with Gasteiger partial charge >= 0.3 is 0 Å². The van der Waals surface area contributed by atoms with E-state index in [-0.39, 0.29) is 23.3 Å². The topological polar surface area (TPSA) is 143 Å². The molecule has 2 atom stereocenters. The number of aliphatic hydroxyl groups excluding tert-OH is 1. The first-order valence-electron chi connectivity index (χ1n) is 11.0. The number of nitrogens with two attached hydrogens (primary N) is 1. The molecule has 184 valence electrons. The number of hydrogen-bond donors (Lipinski definition) is 4. The molecule has 3 heterocycles. The molecule has 35 heavy (non-hydrogen) atoms. The Morgan fingerprint density at radius 1 is 1.37 bits per heavy atom. The molecule has 0 radical (unpaired) electrons. The lowest BCUT2D eigenvalue weighted by Gasteiger charge is -2.22. The molecule has 0 saturated carbocycles. The molecular formula is C24H26FN4O6+. The lowest BCUT2D eigenvalue weighted by atomic mass is 10.1. The number of nitrogens with one attached hydrogen (secondary N) is 2. The molecule has 10 nitrogen and oxygen atoms in total. The van der Waals surface area contributed by atoms with E-state index >= 15 is 0 Å². The highest BCUT2D eigenvalue weighted by Crippen LogP contribution is 2.32. The van der Waals surface area contributed by atoms with Crippen molar-refractivity contribution in [3.8, 4) is 5.75 Å². The lowest BCUT2D eigenvalue weighted by molar-refractivity contribution is -0.176. The molecule has 1 aliphatic heterocycles. The van der Waals surface area contributed by atoms with Gasteiger partial charge < -0.3 is 24.1 Å². The summed E-state index contributed by atoms with van der Waals surface area (Å²) in [5, 5.41) is 19.3. The van der Waals surface area contributed by atoms with E-state index in [0.29, 0.717) is 52.3 Å². The molecule has 0 aliphatic carbocycles. The Kier molecular flexibility index (Phi) is 6.72. The first kappa shape index (κ1) is 24.2. The van der Waals surface area contributed by atoms with Gasteiger partial charge in [0.05, 0.1) is 29.0 Å². The molecule has 0 spiro atoms. The number of nitrogens with zero attached hydrogens (tertiary/aromatic N) is 1. The van der Waals surface area contributed by atoms with Gasteiger partial charge in [0.15, 0.2) is 12.0 Å². The number of aliphatic hydroxyl groups is 1. The fourth-order valence-electron chi connectivity index (χ4n) is 4.35. The van der Waals surface area contributed by atoms with Crippen LogP contribution in [0, 0.1) is 13.8 Å². The van der Waals surface area contributed by atoms with Gasteiger partial charge in [-0.2, -0.15) is 5.48 Å². The van der Waals surface area contributed by atoms with Crippen molar-refractivity contribution in [3.05, 3.63) is 58.6 Å². The monoisotopic (exact) mass is 485 g/mol. The highest BCUT2D eigenvalue weighted by molar-refractivity contribution is 6.07. The number of fused-ring (bicyclic) bond motifs is 1. The number of H-pyrrole nitrogens is 1. The van der Waals surface area contributed by atoms with E-state index in [4.69, 9.17) is 14.6 Å². The predicted molar refractivity (Wildman–Crippen MR) is 124 cm³/mol. The van der Waals surface area contributed by atoms with Crippen molar-refractivity contribution in [3.63, 3.8) is 0 Å². The molecule has 1 aliphatic rings. The first-order valence-corrected chi connectivity index (χ1v) is 11.0. The third-order valence-corrected chi connectivity index (χ3v) is 6.26. The standard InChI is InChI=1S/C24H25FN4O6/c1-12-17(24(32)29-9-7-18(30)13(29)2)11-27-22(12)19(6-8-26)34-15-4-5-16-20(10-15)33-14(3)21(16)23(31)28-35-25/h4-6,8,10-11,13,18,26-27,30H,7,9H2,1-3H3,(H,28,31)/p+1/b19-6+,26-8?/t13-,18+/m1/s1. The van der Waals surface area contributed by atoms with Gasteiger partial charge in [0.1, 0.15) is 17.1 Å². The Hall–Kier alpha value is -3.96. The Morgan fingerprint density at radius 2 is 2.14 bits per heavy atom. The molecule has 1 fully saturated rings. The molecule has 2 aromatic heterocycles. The van der Waals surface area contributed by atoms with Crippen molar-refractivity contribution in [1.82, 2.24) is 15.4 Å². The molecule has 4 rings (SSSR count). The van der Waals surface area contributed by atoms with Crippen molar-refractivity contribution >= 4 is 34.8 Å². The summed E-state index contributed by atoms with van der Waals surface area (Å²) in [6, 6.07) is 4.54. The van der Waals surface area contributed by atoms with E-state index in [9.17, 15) is 19.2 Å². The first-order chi connectivity index (χ1) is 16.8. The normalized spacial score (nSPS) is 18.2. The van der Waals surface area contributed by atoms with Gasteiger partial charge in [0, 0.05) is 30.3 Å². The van der Waals surface area contributed by atoms with Gasteiger partial charge in [-0.25, -0.2) is 0 Å². The number of hydrogen-bond acceptors (Lipinski definition) is 6. The molecular weight excluding hydrogens is 459 g/mol. The minimum Gasteiger partial charge on any atom is -0.460 e. The number of aryl methyl sites for hydroxylation is 1.